The van der Waals surface area contributed by atoms with Gasteiger partial charge in [-0.3, -0.25) is 4.79 Å². The van der Waals surface area contributed by atoms with Crippen LogP contribution in [0.3, 0.4) is 0 Å². The lowest BCUT2D eigenvalue weighted by atomic mass is 10.2. The van der Waals surface area contributed by atoms with Crippen molar-refractivity contribution in [3.05, 3.63) is 12.2 Å². The number of rotatable bonds is 6. The number of carbonyl (C=O) groups excluding carboxylic acids is 1. The fourth-order valence-electron chi connectivity index (χ4n) is 1.49. The molecule has 1 amide bonds. The predicted molar refractivity (Wildman–Crippen MR) is 59.7 cm³/mol. The number of hydrogen-bond donors (Lipinski definition) is 1. The van der Waals surface area contributed by atoms with Crippen LogP contribution in [0.1, 0.15) is 13.3 Å². The monoisotopic (exact) mass is 212 g/mol. The van der Waals surface area contributed by atoms with Gasteiger partial charge in [-0.2, -0.15) is 0 Å². The van der Waals surface area contributed by atoms with Crippen LogP contribution in [0.5, 0.6) is 0 Å². The van der Waals surface area contributed by atoms with Crippen molar-refractivity contribution in [3.63, 3.8) is 0 Å². The second kappa shape index (κ2) is 6.58. The highest BCUT2D eigenvalue weighted by atomic mass is 16.5. The number of hydrogen-bond acceptors (Lipinski definition) is 3. The Hall–Kier alpha value is -0.870. The minimum absolute atomic E-state index is 0.0675. The first kappa shape index (κ1) is 12.2. The Labute approximate surface area is 91.3 Å². The first-order chi connectivity index (χ1) is 7.24. The van der Waals surface area contributed by atoms with Gasteiger partial charge in [0.15, 0.2) is 0 Å². The highest BCUT2D eigenvalue weighted by molar-refractivity contribution is 5.78. The third kappa shape index (κ3) is 4.44. The van der Waals surface area contributed by atoms with Crippen molar-refractivity contribution >= 4 is 5.91 Å². The van der Waals surface area contributed by atoms with E-state index in [-0.39, 0.29) is 12.5 Å². The van der Waals surface area contributed by atoms with E-state index >= 15 is 0 Å². The van der Waals surface area contributed by atoms with Crippen LogP contribution in [0.25, 0.3) is 0 Å². The number of morpholine rings is 1. The molecule has 1 rings (SSSR count). The van der Waals surface area contributed by atoms with Gasteiger partial charge in [0.25, 0.3) is 0 Å². The summed E-state index contributed by atoms with van der Waals surface area (Å²) in [6.45, 7) is 10.1. The average molecular weight is 212 g/mol. The SMILES string of the molecule is C=C(CNCCC)CN1CCOCC1=O. The number of nitrogens with zero attached hydrogens (tertiary/aromatic N) is 1. The number of carbonyl (C=O) groups is 1. The van der Waals surface area contributed by atoms with Crippen molar-refractivity contribution < 1.29 is 9.53 Å². The summed E-state index contributed by atoms with van der Waals surface area (Å²) in [6, 6.07) is 0. The second-order valence-electron chi connectivity index (χ2n) is 3.79. The lowest BCUT2D eigenvalue weighted by Crippen LogP contribution is -2.43. The summed E-state index contributed by atoms with van der Waals surface area (Å²) < 4.78 is 5.06. The van der Waals surface area contributed by atoms with E-state index in [1.807, 2.05) is 0 Å². The molecule has 1 aliphatic heterocycles. The van der Waals surface area contributed by atoms with Gasteiger partial charge in [-0.1, -0.05) is 13.5 Å². The van der Waals surface area contributed by atoms with E-state index in [0.29, 0.717) is 19.7 Å². The van der Waals surface area contributed by atoms with Gasteiger partial charge in [-0.25, -0.2) is 0 Å². The zero-order chi connectivity index (χ0) is 11.1. The minimum Gasteiger partial charge on any atom is -0.370 e. The smallest absolute Gasteiger partial charge is 0.248 e. The number of amides is 1. The van der Waals surface area contributed by atoms with Gasteiger partial charge in [0.05, 0.1) is 6.61 Å². The molecule has 0 aromatic rings. The molecule has 4 heteroatoms. The zero-order valence-electron chi connectivity index (χ0n) is 9.42. The summed E-state index contributed by atoms with van der Waals surface area (Å²) in [6.07, 6.45) is 1.11. The first-order valence-corrected chi connectivity index (χ1v) is 5.47. The molecule has 0 saturated carbocycles. The molecular formula is C11H20N2O2. The lowest BCUT2D eigenvalue weighted by Gasteiger charge is -2.27. The maximum absolute atomic E-state index is 11.4. The van der Waals surface area contributed by atoms with Crippen molar-refractivity contribution in [3.8, 4) is 0 Å². The van der Waals surface area contributed by atoms with Crippen LogP contribution in [0.2, 0.25) is 0 Å². The van der Waals surface area contributed by atoms with Gasteiger partial charge in [-0.05, 0) is 18.5 Å². The molecular weight excluding hydrogens is 192 g/mol. The summed E-state index contributed by atoms with van der Waals surface area (Å²) in [7, 11) is 0. The standard InChI is InChI=1S/C11H20N2O2/c1-3-4-12-7-10(2)8-13-5-6-15-9-11(13)14/h12H,2-9H2,1H3. The number of ether oxygens (including phenoxy) is 1. The summed E-state index contributed by atoms with van der Waals surface area (Å²) in [5, 5.41) is 3.27. The zero-order valence-corrected chi connectivity index (χ0v) is 9.42. The molecule has 4 nitrogen and oxygen atoms in total. The van der Waals surface area contributed by atoms with Crippen LogP contribution in [-0.4, -0.2) is 50.2 Å². The predicted octanol–water partition coefficient (Wildman–Crippen LogP) is 0.401. The summed E-state index contributed by atoms with van der Waals surface area (Å²) in [5.74, 6) is 0.0675. The molecule has 0 unspecified atom stereocenters. The topological polar surface area (TPSA) is 41.6 Å². The van der Waals surface area contributed by atoms with Crippen molar-refractivity contribution in [2.24, 2.45) is 0 Å². The van der Waals surface area contributed by atoms with Crippen LogP contribution < -0.4 is 5.32 Å². The summed E-state index contributed by atoms with van der Waals surface area (Å²) in [4.78, 5) is 13.2. The van der Waals surface area contributed by atoms with Gasteiger partial charge in [-0.15, -0.1) is 0 Å². The molecule has 0 aromatic carbocycles. The van der Waals surface area contributed by atoms with Gasteiger partial charge in [0, 0.05) is 19.6 Å². The molecule has 1 saturated heterocycles. The fraction of sp³-hybridized carbons (Fsp3) is 0.727. The third-order valence-electron chi connectivity index (χ3n) is 2.30. The van der Waals surface area contributed by atoms with Gasteiger partial charge in [0.1, 0.15) is 6.61 Å². The van der Waals surface area contributed by atoms with Crippen LogP contribution in [-0.2, 0) is 9.53 Å². The lowest BCUT2D eigenvalue weighted by molar-refractivity contribution is -0.142. The Morgan fingerprint density at radius 2 is 2.47 bits per heavy atom. The maximum atomic E-state index is 11.4. The molecule has 86 valence electrons. The van der Waals surface area contributed by atoms with E-state index < -0.39 is 0 Å². The summed E-state index contributed by atoms with van der Waals surface area (Å²) in [5.41, 5.74) is 1.05. The minimum atomic E-state index is 0.0675. The van der Waals surface area contributed by atoms with Crippen LogP contribution in [0.4, 0.5) is 0 Å². The Bertz CT molecular complexity index is 229. The highest BCUT2D eigenvalue weighted by Gasteiger charge is 2.18. The first-order valence-electron chi connectivity index (χ1n) is 5.47. The van der Waals surface area contributed by atoms with Crippen LogP contribution in [0.15, 0.2) is 12.2 Å². The van der Waals surface area contributed by atoms with Crippen LogP contribution in [0, 0.1) is 0 Å². The van der Waals surface area contributed by atoms with Crippen molar-refractivity contribution in [1.82, 2.24) is 10.2 Å². The molecule has 0 spiro atoms. The van der Waals surface area contributed by atoms with E-state index in [4.69, 9.17) is 4.74 Å². The molecule has 0 bridgehead atoms. The molecule has 1 fully saturated rings. The van der Waals surface area contributed by atoms with E-state index in [1.165, 1.54) is 0 Å². The van der Waals surface area contributed by atoms with E-state index in [2.05, 4.69) is 18.8 Å². The fourth-order valence-corrected chi connectivity index (χ4v) is 1.49. The maximum Gasteiger partial charge on any atom is 0.248 e. The highest BCUT2D eigenvalue weighted by Crippen LogP contribution is 2.02. The van der Waals surface area contributed by atoms with Gasteiger partial charge < -0.3 is 15.0 Å². The Morgan fingerprint density at radius 1 is 1.67 bits per heavy atom. The van der Waals surface area contributed by atoms with Crippen molar-refractivity contribution in [2.45, 2.75) is 13.3 Å². The van der Waals surface area contributed by atoms with Crippen molar-refractivity contribution in [2.75, 3.05) is 39.4 Å². The molecule has 15 heavy (non-hydrogen) atoms. The second-order valence-corrected chi connectivity index (χ2v) is 3.79. The largest absolute Gasteiger partial charge is 0.370 e. The molecule has 0 aliphatic carbocycles. The normalized spacial score (nSPS) is 16.9. The average Bonchev–Trinajstić information content (AvgIpc) is 2.22. The van der Waals surface area contributed by atoms with Gasteiger partial charge in [0.2, 0.25) is 5.91 Å². The Kier molecular flexibility index (Phi) is 5.36. The van der Waals surface area contributed by atoms with E-state index in [0.717, 1.165) is 25.1 Å². The molecule has 0 radical (unpaired) electrons. The van der Waals surface area contributed by atoms with Crippen LogP contribution >= 0.6 is 0 Å². The molecule has 0 aromatic heterocycles. The Morgan fingerprint density at radius 3 is 3.13 bits per heavy atom. The van der Waals surface area contributed by atoms with Gasteiger partial charge >= 0.3 is 0 Å². The Balaban J connectivity index is 2.21. The molecule has 0 atom stereocenters. The molecule has 1 N–H and O–H groups in total. The van der Waals surface area contributed by atoms with E-state index in [1.54, 1.807) is 4.90 Å². The quantitative estimate of drug-likeness (QED) is 0.512. The summed E-state index contributed by atoms with van der Waals surface area (Å²) >= 11 is 0. The van der Waals surface area contributed by atoms with Crippen molar-refractivity contribution in [1.29, 1.82) is 0 Å². The third-order valence-corrected chi connectivity index (χ3v) is 2.30. The molecule has 1 heterocycles. The van der Waals surface area contributed by atoms with E-state index in [9.17, 15) is 4.79 Å². The number of nitrogens with one attached hydrogen (secondary N) is 1. The molecule has 1 aliphatic rings.